The van der Waals surface area contributed by atoms with Gasteiger partial charge in [-0.1, -0.05) is 0 Å². The zero-order chi connectivity index (χ0) is 19.8. The van der Waals surface area contributed by atoms with Gasteiger partial charge in [0.15, 0.2) is 9.84 Å². The first-order chi connectivity index (χ1) is 12.7. The third kappa shape index (κ3) is 4.23. The Hall–Kier alpha value is -2.16. The van der Waals surface area contributed by atoms with Crippen molar-refractivity contribution in [3.63, 3.8) is 0 Å². The van der Waals surface area contributed by atoms with Gasteiger partial charge < -0.3 is 5.32 Å². The Kier molecular flexibility index (Phi) is 5.41. The summed E-state index contributed by atoms with van der Waals surface area (Å²) >= 11 is 0. The molecule has 0 aromatic carbocycles. The van der Waals surface area contributed by atoms with Gasteiger partial charge >= 0.3 is 0 Å². The van der Waals surface area contributed by atoms with Crippen LogP contribution in [-0.2, 0) is 27.6 Å². The van der Waals surface area contributed by atoms with E-state index in [1.807, 2.05) is 32.4 Å². The van der Waals surface area contributed by atoms with Crippen LogP contribution in [0.5, 0.6) is 0 Å². The topological polar surface area (TPSA) is 98.9 Å². The Morgan fingerprint density at radius 3 is 2.63 bits per heavy atom. The van der Waals surface area contributed by atoms with E-state index in [1.54, 1.807) is 10.7 Å². The minimum atomic E-state index is -3.02. The lowest BCUT2D eigenvalue weighted by atomic mass is 10.1. The van der Waals surface area contributed by atoms with E-state index in [2.05, 4.69) is 15.5 Å². The Morgan fingerprint density at radius 2 is 2.04 bits per heavy atom. The Balaban J connectivity index is 1.68. The van der Waals surface area contributed by atoms with Crippen LogP contribution in [0.3, 0.4) is 0 Å². The maximum absolute atomic E-state index is 12.5. The SMILES string of the molecule is CCn1nc(C)c(CCC(=O)Nc2cc(C)nn2C2CCS(=O)(=O)C2)c1C. The van der Waals surface area contributed by atoms with E-state index in [1.165, 1.54) is 0 Å². The van der Waals surface area contributed by atoms with Crippen molar-refractivity contribution in [2.24, 2.45) is 0 Å². The molecule has 0 spiro atoms. The molecule has 3 rings (SSSR count). The van der Waals surface area contributed by atoms with E-state index in [-0.39, 0.29) is 23.5 Å². The molecule has 2 aromatic heterocycles. The first kappa shape index (κ1) is 19.6. The molecule has 0 saturated carbocycles. The molecule has 1 aliphatic heterocycles. The van der Waals surface area contributed by atoms with Crippen molar-refractivity contribution >= 4 is 21.6 Å². The molecule has 0 bridgehead atoms. The van der Waals surface area contributed by atoms with Crippen LogP contribution in [0.25, 0.3) is 0 Å². The number of aryl methyl sites for hydroxylation is 3. The minimum Gasteiger partial charge on any atom is -0.311 e. The fourth-order valence-corrected chi connectivity index (χ4v) is 5.40. The number of carbonyl (C=O) groups is 1. The fraction of sp³-hybridized carbons (Fsp3) is 0.611. The van der Waals surface area contributed by atoms with Crippen LogP contribution in [0.15, 0.2) is 6.07 Å². The van der Waals surface area contributed by atoms with Gasteiger partial charge in [0.1, 0.15) is 5.82 Å². The molecule has 0 radical (unpaired) electrons. The second-order valence-corrected chi connectivity index (χ2v) is 9.41. The molecule has 27 heavy (non-hydrogen) atoms. The first-order valence-corrected chi connectivity index (χ1v) is 11.1. The van der Waals surface area contributed by atoms with Gasteiger partial charge in [0.25, 0.3) is 0 Å². The first-order valence-electron chi connectivity index (χ1n) is 9.29. The summed E-state index contributed by atoms with van der Waals surface area (Å²) in [4.78, 5) is 12.5. The Morgan fingerprint density at radius 1 is 1.30 bits per heavy atom. The van der Waals surface area contributed by atoms with Crippen LogP contribution in [0.4, 0.5) is 5.82 Å². The molecule has 1 N–H and O–H groups in total. The summed E-state index contributed by atoms with van der Waals surface area (Å²) in [6.07, 6.45) is 1.49. The van der Waals surface area contributed by atoms with Gasteiger partial charge in [-0.25, -0.2) is 13.1 Å². The summed E-state index contributed by atoms with van der Waals surface area (Å²) in [5, 5.41) is 11.8. The molecule has 0 aliphatic carbocycles. The molecule has 148 valence electrons. The maximum atomic E-state index is 12.5. The van der Waals surface area contributed by atoms with Crippen LogP contribution < -0.4 is 5.32 Å². The largest absolute Gasteiger partial charge is 0.311 e. The van der Waals surface area contributed by atoms with Crippen LogP contribution >= 0.6 is 0 Å². The average molecular weight is 394 g/mol. The summed E-state index contributed by atoms with van der Waals surface area (Å²) in [7, 11) is -3.02. The number of sulfone groups is 1. The summed E-state index contributed by atoms with van der Waals surface area (Å²) in [6, 6.07) is 1.57. The van der Waals surface area contributed by atoms with Crippen molar-refractivity contribution in [3.05, 3.63) is 28.7 Å². The van der Waals surface area contributed by atoms with Crippen molar-refractivity contribution in [1.82, 2.24) is 19.6 Å². The second kappa shape index (κ2) is 7.46. The number of rotatable bonds is 6. The van der Waals surface area contributed by atoms with Gasteiger partial charge in [-0.2, -0.15) is 10.2 Å². The number of hydrogen-bond acceptors (Lipinski definition) is 5. The zero-order valence-corrected chi connectivity index (χ0v) is 17.1. The van der Waals surface area contributed by atoms with E-state index in [0.29, 0.717) is 25.1 Å². The van der Waals surface area contributed by atoms with Crippen LogP contribution in [0.1, 0.15) is 48.5 Å². The van der Waals surface area contributed by atoms with Gasteiger partial charge in [0.2, 0.25) is 5.91 Å². The third-order valence-corrected chi connectivity index (χ3v) is 6.86. The van der Waals surface area contributed by atoms with Crippen molar-refractivity contribution in [2.75, 3.05) is 16.8 Å². The van der Waals surface area contributed by atoms with E-state index in [4.69, 9.17) is 0 Å². The number of amides is 1. The molecular formula is C18H27N5O3S. The van der Waals surface area contributed by atoms with Gasteiger partial charge in [-0.3, -0.25) is 9.48 Å². The molecule has 8 nitrogen and oxygen atoms in total. The van der Waals surface area contributed by atoms with E-state index >= 15 is 0 Å². The molecule has 2 aromatic rings. The molecule has 3 heterocycles. The highest BCUT2D eigenvalue weighted by Crippen LogP contribution is 2.27. The number of carbonyl (C=O) groups excluding carboxylic acids is 1. The van der Waals surface area contributed by atoms with Gasteiger partial charge in [0.05, 0.1) is 28.9 Å². The van der Waals surface area contributed by atoms with Crippen molar-refractivity contribution in [2.45, 2.75) is 59.5 Å². The fourth-order valence-electron chi connectivity index (χ4n) is 3.70. The summed E-state index contributed by atoms with van der Waals surface area (Å²) in [5.74, 6) is 0.701. The average Bonchev–Trinajstić information content (AvgIpc) is 3.21. The smallest absolute Gasteiger partial charge is 0.225 e. The lowest BCUT2D eigenvalue weighted by Crippen LogP contribution is -2.20. The maximum Gasteiger partial charge on any atom is 0.225 e. The summed E-state index contributed by atoms with van der Waals surface area (Å²) in [5.41, 5.74) is 3.92. The quantitative estimate of drug-likeness (QED) is 0.809. The second-order valence-electron chi connectivity index (χ2n) is 7.19. The zero-order valence-electron chi connectivity index (χ0n) is 16.3. The van der Waals surface area contributed by atoms with Crippen LogP contribution in [0.2, 0.25) is 0 Å². The summed E-state index contributed by atoms with van der Waals surface area (Å²) in [6.45, 7) is 8.67. The van der Waals surface area contributed by atoms with Crippen LogP contribution in [0, 0.1) is 20.8 Å². The minimum absolute atomic E-state index is 0.0750. The number of nitrogens with one attached hydrogen (secondary N) is 1. The van der Waals surface area contributed by atoms with E-state index in [9.17, 15) is 13.2 Å². The molecular weight excluding hydrogens is 366 g/mol. The lowest BCUT2D eigenvalue weighted by molar-refractivity contribution is -0.116. The van der Waals surface area contributed by atoms with Gasteiger partial charge in [0, 0.05) is 24.7 Å². The number of aromatic nitrogens is 4. The number of hydrogen-bond donors (Lipinski definition) is 1. The third-order valence-electron chi connectivity index (χ3n) is 5.11. The van der Waals surface area contributed by atoms with Crippen molar-refractivity contribution in [3.8, 4) is 0 Å². The van der Waals surface area contributed by atoms with Crippen LogP contribution in [-0.4, -0.2) is 45.4 Å². The van der Waals surface area contributed by atoms with Gasteiger partial charge in [-0.15, -0.1) is 0 Å². The predicted octanol–water partition coefficient (Wildman–Crippen LogP) is 1.96. The Bertz CT molecular complexity index is 958. The monoisotopic (exact) mass is 393 g/mol. The normalized spacial score (nSPS) is 18.7. The molecule has 1 fully saturated rings. The number of anilines is 1. The Labute approximate surface area is 159 Å². The highest BCUT2D eigenvalue weighted by Gasteiger charge is 2.31. The van der Waals surface area contributed by atoms with E-state index in [0.717, 1.165) is 29.2 Å². The summed E-state index contributed by atoms with van der Waals surface area (Å²) < 4.78 is 27.1. The number of nitrogens with zero attached hydrogens (tertiary/aromatic N) is 4. The predicted molar refractivity (Wildman–Crippen MR) is 104 cm³/mol. The molecule has 1 aliphatic rings. The highest BCUT2D eigenvalue weighted by molar-refractivity contribution is 7.91. The standard InChI is InChI=1S/C18H27N5O3S/c1-5-22-14(4)16(13(3)21-22)6-7-18(24)19-17-10-12(2)20-23(17)15-8-9-27(25,26)11-15/h10,15H,5-9,11H2,1-4H3,(H,19,24). The lowest BCUT2D eigenvalue weighted by Gasteiger charge is -2.13. The van der Waals surface area contributed by atoms with Gasteiger partial charge in [-0.05, 0) is 46.1 Å². The van der Waals surface area contributed by atoms with Crippen molar-refractivity contribution in [1.29, 1.82) is 0 Å². The highest BCUT2D eigenvalue weighted by atomic mass is 32.2. The molecule has 1 amide bonds. The van der Waals surface area contributed by atoms with E-state index < -0.39 is 9.84 Å². The van der Waals surface area contributed by atoms with Crippen molar-refractivity contribution < 1.29 is 13.2 Å². The molecule has 1 saturated heterocycles. The molecule has 1 atom stereocenters. The molecule has 9 heteroatoms. The molecule has 1 unspecified atom stereocenters.